The number of benzene rings is 2. The monoisotopic (exact) mass is 352 g/mol. The first-order valence-electron chi connectivity index (χ1n) is 8.15. The summed E-state index contributed by atoms with van der Waals surface area (Å²) in [6, 6.07) is 12.0. The molecule has 3 aromatic rings. The minimum absolute atomic E-state index is 0.108. The van der Waals surface area contributed by atoms with Gasteiger partial charge in [-0.05, 0) is 19.9 Å². The van der Waals surface area contributed by atoms with E-state index in [9.17, 15) is 15.0 Å². The zero-order chi connectivity index (χ0) is 18.9. The molecule has 0 amide bonds. The summed E-state index contributed by atoms with van der Waals surface area (Å²) in [4.78, 5) is 12.7. The molecule has 26 heavy (non-hydrogen) atoms. The van der Waals surface area contributed by atoms with Gasteiger partial charge in [-0.15, -0.1) is 0 Å². The second-order valence-electron chi connectivity index (χ2n) is 6.54. The number of hydrogen-bond acceptors (Lipinski definition) is 5. The first kappa shape index (κ1) is 17.8. The van der Waals surface area contributed by atoms with Crippen LogP contribution in [0.25, 0.3) is 28.4 Å². The highest BCUT2D eigenvalue weighted by Crippen LogP contribution is 2.36. The van der Waals surface area contributed by atoms with E-state index in [0.29, 0.717) is 11.3 Å². The topological polar surface area (TPSA) is 79.9 Å². The van der Waals surface area contributed by atoms with E-state index in [4.69, 9.17) is 9.15 Å². The van der Waals surface area contributed by atoms with Gasteiger partial charge in [0, 0.05) is 17.7 Å². The Morgan fingerprint density at radius 3 is 2.46 bits per heavy atom. The predicted octanol–water partition coefficient (Wildman–Crippen LogP) is 3.96. The molecule has 0 spiro atoms. The molecule has 0 aliphatic carbocycles. The zero-order valence-electron chi connectivity index (χ0n) is 14.8. The number of phenols is 1. The molecule has 0 radical (unpaired) electrons. The molecule has 0 aliphatic rings. The molecule has 0 bridgehead atoms. The zero-order valence-corrected chi connectivity index (χ0v) is 14.8. The molecule has 5 heteroatoms. The Kier molecular flexibility index (Phi) is 4.57. The third kappa shape index (κ3) is 3.48. The van der Waals surface area contributed by atoms with E-state index in [1.807, 2.05) is 30.3 Å². The second kappa shape index (κ2) is 6.69. The van der Waals surface area contributed by atoms with Gasteiger partial charge in [0.1, 0.15) is 22.6 Å². The average Bonchev–Trinajstić information content (AvgIpc) is 2.59. The number of aromatic hydroxyl groups is 1. The van der Waals surface area contributed by atoms with Crippen LogP contribution in [0.5, 0.6) is 11.5 Å². The van der Waals surface area contributed by atoms with Crippen molar-refractivity contribution >= 4 is 17.0 Å². The van der Waals surface area contributed by atoms with E-state index in [0.717, 1.165) is 5.56 Å². The lowest BCUT2D eigenvalue weighted by Crippen LogP contribution is -2.13. The highest BCUT2D eigenvalue weighted by Gasteiger charge is 2.18. The van der Waals surface area contributed by atoms with E-state index >= 15 is 0 Å². The highest BCUT2D eigenvalue weighted by molar-refractivity contribution is 5.94. The number of rotatable bonds is 4. The SMILES string of the molecule is COc1cc(O)c(/C=C\C(C)(C)O)c2oc(-c3ccccc3)cc(=O)c12. The fraction of sp³-hybridized carbons (Fsp3) is 0.190. The maximum Gasteiger partial charge on any atom is 0.197 e. The number of hydrogen-bond donors (Lipinski definition) is 2. The van der Waals surface area contributed by atoms with Crippen LogP contribution in [-0.2, 0) is 0 Å². The molecule has 5 nitrogen and oxygen atoms in total. The Labute approximate surface area is 150 Å². The van der Waals surface area contributed by atoms with Crippen LogP contribution < -0.4 is 10.2 Å². The molecular weight excluding hydrogens is 332 g/mol. The van der Waals surface area contributed by atoms with E-state index < -0.39 is 5.60 Å². The normalized spacial score (nSPS) is 12.0. The van der Waals surface area contributed by atoms with Gasteiger partial charge in [-0.25, -0.2) is 0 Å². The third-order valence-corrected chi connectivity index (χ3v) is 3.92. The van der Waals surface area contributed by atoms with Crippen LogP contribution in [0.1, 0.15) is 19.4 Å². The number of phenolic OH excluding ortho intramolecular Hbond substituents is 1. The molecule has 0 atom stereocenters. The predicted molar refractivity (Wildman–Crippen MR) is 101 cm³/mol. The smallest absolute Gasteiger partial charge is 0.197 e. The minimum atomic E-state index is -1.09. The Morgan fingerprint density at radius 2 is 1.85 bits per heavy atom. The van der Waals surface area contributed by atoms with Gasteiger partial charge in [0.2, 0.25) is 0 Å². The van der Waals surface area contributed by atoms with Gasteiger partial charge in [-0.3, -0.25) is 4.79 Å². The average molecular weight is 352 g/mol. The fourth-order valence-electron chi connectivity index (χ4n) is 2.66. The summed E-state index contributed by atoms with van der Waals surface area (Å²) in [5.74, 6) is 0.503. The van der Waals surface area contributed by atoms with Crippen LogP contribution in [0, 0.1) is 0 Å². The first-order chi connectivity index (χ1) is 12.3. The largest absolute Gasteiger partial charge is 0.507 e. The van der Waals surface area contributed by atoms with Crippen LogP contribution >= 0.6 is 0 Å². The number of ether oxygens (including phenoxy) is 1. The molecule has 0 unspecified atom stereocenters. The maximum absolute atomic E-state index is 12.7. The third-order valence-electron chi connectivity index (χ3n) is 3.92. The Hall–Kier alpha value is -3.05. The molecular formula is C21H20O5. The van der Waals surface area contributed by atoms with Crippen molar-refractivity contribution in [1.29, 1.82) is 0 Å². The second-order valence-corrected chi connectivity index (χ2v) is 6.54. The lowest BCUT2D eigenvalue weighted by Gasteiger charge is -2.13. The molecule has 3 rings (SSSR count). The van der Waals surface area contributed by atoms with Crippen molar-refractivity contribution in [3.05, 3.63) is 64.3 Å². The van der Waals surface area contributed by atoms with Gasteiger partial charge in [0.05, 0.1) is 18.3 Å². The van der Waals surface area contributed by atoms with E-state index in [-0.39, 0.29) is 27.9 Å². The van der Waals surface area contributed by atoms with Crippen molar-refractivity contribution in [2.24, 2.45) is 0 Å². The summed E-state index contributed by atoms with van der Waals surface area (Å²) in [5, 5.41) is 20.6. The van der Waals surface area contributed by atoms with E-state index in [1.165, 1.54) is 31.4 Å². The minimum Gasteiger partial charge on any atom is -0.507 e. The molecule has 134 valence electrons. The van der Waals surface area contributed by atoms with E-state index in [1.54, 1.807) is 13.8 Å². The molecule has 0 saturated heterocycles. The van der Waals surface area contributed by atoms with Gasteiger partial charge >= 0.3 is 0 Å². The lowest BCUT2D eigenvalue weighted by molar-refractivity contribution is 0.134. The standard InChI is InChI=1S/C21H20O5/c1-21(2,24)10-9-14-15(22)11-18(25-3)19-16(23)12-17(26-20(14)19)13-7-5-4-6-8-13/h4-12,22,24H,1-3H3/b10-9-. The summed E-state index contributed by atoms with van der Waals surface area (Å²) in [5.41, 5.74) is -0.117. The molecule has 2 N–H and O–H groups in total. The van der Waals surface area contributed by atoms with Crippen molar-refractivity contribution in [3.63, 3.8) is 0 Å². The molecule has 1 heterocycles. The van der Waals surface area contributed by atoms with Crippen molar-refractivity contribution in [2.75, 3.05) is 7.11 Å². The Balaban J connectivity index is 2.36. The first-order valence-corrected chi connectivity index (χ1v) is 8.15. The van der Waals surface area contributed by atoms with Crippen molar-refractivity contribution in [1.82, 2.24) is 0 Å². The van der Waals surface area contributed by atoms with Gasteiger partial charge in [-0.1, -0.05) is 36.4 Å². The van der Waals surface area contributed by atoms with E-state index in [2.05, 4.69) is 0 Å². The Morgan fingerprint density at radius 1 is 1.15 bits per heavy atom. The van der Waals surface area contributed by atoms with Crippen molar-refractivity contribution in [2.45, 2.75) is 19.4 Å². The molecule has 1 aromatic heterocycles. The molecule has 2 aromatic carbocycles. The maximum atomic E-state index is 12.7. The van der Waals surface area contributed by atoms with Crippen LogP contribution in [0.3, 0.4) is 0 Å². The van der Waals surface area contributed by atoms with Crippen LogP contribution in [0.4, 0.5) is 0 Å². The summed E-state index contributed by atoms with van der Waals surface area (Å²) in [6.07, 6.45) is 3.05. The van der Waals surface area contributed by atoms with Crippen molar-refractivity contribution < 1.29 is 19.4 Å². The summed E-state index contributed by atoms with van der Waals surface area (Å²) >= 11 is 0. The summed E-state index contributed by atoms with van der Waals surface area (Å²) in [6.45, 7) is 3.22. The number of fused-ring (bicyclic) bond motifs is 1. The van der Waals surface area contributed by atoms with Crippen LogP contribution in [0.15, 0.2) is 57.8 Å². The quantitative estimate of drug-likeness (QED) is 0.743. The fourth-order valence-corrected chi connectivity index (χ4v) is 2.66. The lowest BCUT2D eigenvalue weighted by atomic mass is 10.0. The molecule has 0 fully saturated rings. The van der Waals surface area contributed by atoms with Gasteiger partial charge in [0.15, 0.2) is 11.0 Å². The number of aliphatic hydroxyl groups is 1. The summed E-state index contributed by atoms with van der Waals surface area (Å²) < 4.78 is 11.2. The van der Waals surface area contributed by atoms with Crippen LogP contribution in [0.2, 0.25) is 0 Å². The number of methoxy groups -OCH3 is 1. The van der Waals surface area contributed by atoms with Gasteiger partial charge in [-0.2, -0.15) is 0 Å². The van der Waals surface area contributed by atoms with Gasteiger partial charge in [0.25, 0.3) is 0 Å². The van der Waals surface area contributed by atoms with Crippen molar-refractivity contribution in [3.8, 4) is 22.8 Å². The molecule has 0 aliphatic heterocycles. The molecule has 0 saturated carbocycles. The van der Waals surface area contributed by atoms with Gasteiger partial charge < -0.3 is 19.4 Å². The highest BCUT2D eigenvalue weighted by atomic mass is 16.5. The van der Waals surface area contributed by atoms with Crippen LogP contribution in [-0.4, -0.2) is 22.9 Å². The summed E-state index contributed by atoms with van der Waals surface area (Å²) in [7, 11) is 1.42. The Bertz CT molecular complexity index is 1020.